The molecule has 0 radical (unpaired) electrons. The Kier molecular flexibility index (Phi) is 4.54. The van der Waals surface area contributed by atoms with Crippen molar-refractivity contribution in [3.63, 3.8) is 0 Å². The van der Waals surface area contributed by atoms with Crippen LogP contribution in [0.3, 0.4) is 0 Å². The Balaban J connectivity index is 2.66. The first-order valence-electron chi connectivity index (χ1n) is 4.72. The molecule has 16 heavy (non-hydrogen) atoms. The summed E-state index contributed by atoms with van der Waals surface area (Å²) in [6.45, 7) is 1.72. The Morgan fingerprint density at radius 2 is 2.38 bits per heavy atom. The third-order valence-electron chi connectivity index (χ3n) is 1.87. The van der Waals surface area contributed by atoms with Gasteiger partial charge in [0.05, 0.1) is 5.56 Å². The summed E-state index contributed by atoms with van der Waals surface area (Å²) in [6, 6.07) is 2.58. The van der Waals surface area contributed by atoms with Gasteiger partial charge in [-0.25, -0.2) is 4.98 Å². The van der Waals surface area contributed by atoms with E-state index in [1.54, 1.807) is 13.2 Å². The van der Waals surface area contributed by atoms with Gasteiger partial charge in [0.1, 0.15) is 0 Å². The molecule has 88 valence electrons. The van der Waals surface area contributed by atoms with E-state index in [1.807, 2.05) is 0 Å². The lowest BCUT2D eigenvalue weighted by molar-refractivity contribution is 0.0938. The molecular formula is C10H13FN2O2S. The molecule has 0 bridgehead atoms. The van der Waals surface area contributed by atoms with Crippen molar-refractivity contribution in [2.45, 2.75) is 13.0 Å². The number of nitrogens with one attached hydrogen (secondary N) is 1. The molecular weight excluding hydrogens is 231 g/mol. The normalized spacial score (nSPS) is 14.2. The molecule has 1 aromatic heterocycles. The fraction of sp³-hybridized carbons (Fsp3) is 0.400. The molecule has 0 aromatic carbocycles. The quantitative estimate of drug-likeness (QED) is 0.794. The third kappa shape index (κ3) is 3.69. The number of halogens is 1. The van der Waals surface area contributed by atoms with Crippen molar-refractivity contribution >= 4 is 16.7 Å². The van der Waals surface area contributed by atoms with E-state index in [0.29, 0.717) is 5.75 Å². The number of carbonyl (C=O) groups excluding carboxylic acids is 1. The lowest BCUT2D eigenvalue weighted by atomic mass is 10.2. The second-order valence-electron chi connectivity index (χ2n) is 3.46. The highest BCUT2D eigenvalue weighted by Gasteiger charge is 2.14. The number of aromatic nitrogens is 1. The van der Waals surface area contributed by atoms with Gasteiger partial charge in [0.15, 0.2) is 0 Å². The molecule has 1 heterocycles. The first-order chi connectivity index (χ1) is 7.50. The van der Waals surface area contributed by atoms with Crippen LogP contribution in [-0.2, 0) is 10.8 Å². The van der Waals surface area contributed by atoms with E-state index >= 15 is 0 Å². The molecule has 0 spiro atoms. The Morgan fingerprint density at radius 1 is 1.69 bits per heavy atom. The van der Waals surface area contributed by atoms with E-state index < -0.39 is 22.7 Å². The summed E-state index contributed by atoms with van der Waals surface area (Å²) < 4.78 is 24.0. The van der Waals surface area contributed by atoms with Crippen molar-refractivity contribution in [3.8, 4) is 0 Å². The van der Waals surface area contributed by atoms with Gasteiger partial charge in [0.25, 0.3) is 5.91 Å². The Bertz CT molecular complexity index is 412. The van der Waals surface area contributed by atoms with E-state index in [1.165, 1.54) is 18.3 Å². The van der Waals surface area contributed by atoms with Crippen molar-refractivity contribution in [2.75, 3.05) is 12.0 Å². The zero-order valence-corrected chi connectivity index (χ0v) is 9.88. The number of nitrogens with zero attached hydrogens (tertiary/aromatic N) is 1. The van der Waals surface area contributed by atoms with Crippen molar-refractivity contribution in [1.29, 1.82) is 0 Å². The SMILES string of the molecule is CC(CS(C)=O)NC(=O)c1cccnc1F. The molecule has 1 aromatic rings. The van der Waals surface area contributed by atoms with Crippen molar-refractivity contribution in [2.24, 2.45) is 0 Å². The van der Waals surface area contributed by atoms with Crippen LogP contribution in [0.1, 0.15) is 17.3 Å². The van der Waals surface area contributed by atoms with Gasteiger partial charge in [-0.15, -0.1) is 0 Å². The van der Waals surface area contributed by atoms with Crippen LogP contribution < -0.4 is 5.32 Å². The molecule has 2 atom stereocenters. The first-order valence-corrected chi connectivity index (χ1v) is 6.45. The highest BCUT2D eigenvalue weighted by molar-refractivity contribution is 7.84. The standard InChI is InChI=1S/C10H13FN2O2S/c1-7(6-16(2)15)13-10(14)8-4-3-5-12-9(8)11/h3-5,7H,6H2,1-2H3,(H,13,14). The second-order valence-corrected chi connectivity index (χ2v) is 4.94. The smallest absolute Gasteiger partial charge is 0.256 e. The summed E-state index contributed by atoms with van der Waals surface area (Å²) in [6.07, 6.45) is 2.82. The molecule has 0 aliphatic rings. The average molecular weight is 244 g/mol. The summed E-state index contributed by atoms with van der Waals surface area (Å²) in [5, 5.41) is 2.56. The highest BCUT2D eigenvalue weighted by Crippen LogP contribution is 2.03. The van der Waals surface area contributed by atoms with Gasteiger partial charge >= 0.3 is 0 Å². The van der Waals surface area contributed by atoms with E-state index in [0.717, 1.165) is 0 Å². The minimum absolute atomic E-state index is 0.101. The van der Waals surface area contributed by atoms with Gasteiger partial charge in [-0.2, -0.15) is 4.39 Å². The lowest BCUT2D eigenvalue weighted by Gasteiger charge is -2.12. The van der Waals surface area contributed by atoms with E-state index in [-0.39, 0.29) is 11.6 Å². The molecule has 0 aliphatic carbocycles. The van der Waals surface area contributed by atoms with Gasteiger partial charge in [0, 0.05) is 35.0 Å². The van der Waals surface area contributed by atoms with E-state index in [4.69, 9.17) is 0 Å². The van der Waals surface area contributed by atoms with Crippen molar-refractivity contribution in [3.05, 3.63) is 29.8 Å². The van der Waals surface area contributed by atoms with Gasteiger partial charge in [-0.3, -0.25) is 9.00 Å². The zero-order chi connectivity index (χ0) is 12.1. The third-order valence-corrected chi connectivity index (χ3v) is 2.84. The minimum Gasteiger partial charge on any atom is -0.349 e. The van der Waals surface area contributed by atoms with Crippen LogP contribution in [0.2, 0.25) is 0 Å². The van der Waals surface area contributed by atoms with Crippen LogP contribution >= 0.6 is 0 Å². The number of amides is 1. The maximum Gasteiger partial charge on any atom is 0.256 e. The van der Waals surface area contributed by atoms with Crippen LogP contribution in [-0.4, -0.2) is 33.2 Å². The Morgan fingerprint density at radius 3 is 2.94 bits per heavy atom. The number of pyridine rings is 1. The lowest BCUT2D eigenvalue weighted by Crippen LogP contribution is -2.36. The molecule has 6 heteroatoms. The van der Waals surface area contributed by atoms with E-state index in [9.17, 15) is 13.4 Å². The molecule has 0 fully saturated rings. The maximum atomic E-state index is 13.1. The predicted octanol–water partition coefficient (Wildman–Crippen LogP) is 0.717. The minimum atomic E-state index is -0.998. The molecule has 4 nitrogen and oxygen atoms in total. The molecule has 2 unspecified atom stereocenters. The fourth-order valence-electron chi connectivity index (χ4n) is 1.25. The fourth-order valence-corrected chi connectivity index (χ4v) is 2.04. The molecule has 0 saturated heterocycles. The van der Waals surface area contributed by atoms with Crippen LogP contribution in [0.5, 0.6) is 0 Å². The summed E-state index contributed by atoms with van der Waals surface area (Å²) in [5.41, 5.74) is -0.101. The predicted molar refractivity (Wildman–Crippen MR) is 60.1 cm³/mol. The summed E-state index contributed by atoms with van der Waals surface area (Å²) in [4.78, 5) is 14.9. The second kappa shape index (κ2) is 5.69. The largest absolute Gasteiger partial charge is 0.349 e. The highest BCUT2D eigenvalue weighted by atomic mass is 32.2. The van der Waals surface area contributed by atoms with Gasteiger partial charge in [-0.1, -0.05) is 0 Å². The summed E-state index contributed by atoms with van der Waals surface area (Å²) >= 11 is 0. The summed E-state index contributed by atoms with van der Waals surface area (Å²) in [7, 11) is -0.998. The number of carbonyl (C=O) groups is 1. The molecule has 1 N–H and O–H groups in total. The molecule has 0 saturated carbocycles. The van der Waals surface area contributed by atoms with Gasteiger partial charge in [0.2, 0.25) is 5.95 Å². The average Bonchev–Trinajstić information content (AvgIpc) is 2.16. The number of hydrogen-bond acceptors (Lipinski definition) is 3. The van der Waals surface area contributed by atoms with Gasteiger partial charge in [-0.05, 0) is 19.1 Å². The number of hydrogen-bond donors (Lipinski definition) is 1. The monoisotopic (exact) mass is 244 g/mol. The molecule has 0 aliphatic heterocycles. The van der Waals surface area contributed by atoms with E-state index in [2.05, 4.69) is 10.3 Å². The summed E-state index contributed by atoms with van der Waals surface area (Å²) in [5.74, 6) is -0.999. The maximum absolute atomic E-state index is 13.1. The molecule has 1 rings (SSSR count). The van der Waals surface area contributed by atoms with Crippen LogP contribution in [0.4, 0.5) is 4.39 Å². The molecule has 1 amide bonds. The van der Waals surface area contributed by atoms with Crippen molar-refractivity contribution in [1.82, 2.24) is 10.3 Å². The van der Waals surface area contributed by atoms with Gasteiger partial charge < -0.3 is 5.32 Å². The van der Waals surface area contributed by atoms with Crippen LogP contribution in [0, 0.1) is 5.95 Å². The topological polar surface area (TPSA) is 59.1 Å². The number of rotatable bonds is 4. The zero-order valence-electron chi connectivity index (χ0n) is 9.07. The Labute approximate surface area is 95.7 Å². The first kappa shape index (κ1) is 12.8. The van der Waals surface area contributed by atoms with Crippen LogP contribution in [0.25, 0.3) is 0 Å². The van der Waals surface area contributed by atoms with Crippen molar-refractivity contribution < 1.29 is 13.4 Å². The Hall–Kier alpha value is -1.30. The van der Waals surface area contributed by atoms with Crippen LogP contribution in [0.15, 0.2) is 18.3 Å².